The molecule has 0 radical (unpaired) electrons. The van der Waals surface area contributed by atoms with E-state index in [1.165, 1.54) is 12.8 Å². The second kappa shape index (κ2) is 9.12. The highest BCUT2D eigenvalue weighted by Crippen LogP contribution is 2.42. The van der Waals surface area contributed by atoms with Gasteiger partial charge in [-0.3, -0.25) is 4.79 Å². The number of hydrogen-bond donors (Lipinski definition) is 0. The first-order valence-corrected chi connectivity index (χ1v) is 12.2. The van der Waals surface area contributed by atoms with Crippen LogP contribution < -0.4 is 10.3 Å². The Balaban J connectivity index is 2.00. The van der Waals surface area contributed by atoms with E-state index in [4.69, 9.17) is 4.98 Å². The highest BCUT2D eigenvalue weighted by molar-refractivity contribution is 7.21. The van der Waals surface area contributed by atoms with Crippen molar-refractivity contribution in [2.75, 3.05) is 19.0 Å². The summed E-state index contributed by atoms with van der Waals surface area (Å²) in [5.41, 5.74) is 4.19. The summed E-state index contributed by atoms with van der Waals surface area (Å²) in [7, 11) is 4.06. The topological polar surface area (TPSA) is 33.2 Å². The van der Waals surface area contributed by atoms with Gasteiger partial charge in [-0.2, -0.15) is 0 Å². The SMILES string of the molecule is CCC(C)(/C=C/c1cc2nc3ccc(N(C)C)cc3sc-2cc1=O)CC(C)(CC)CC. The van der Waals surface area contributed by atoms with Gasteiger partial charge in [0.1, 0.15) is 0 Å². The van der Waals surface area contributed by atoms with Crippen molar-refractivity contribution in [3.05, 3.63) is 52.2 Å². The van der Waals surface area contributed by atoms with Crippen LogP contribution in [0.5, 0.6) is 0 Å². The molecule has 3 rings (SSSR count). The maximum atomic E-state index is 12.9. The number of nitrogens with zero attached hydrogens (tertiary/aromatic N) is 2. The Morgan fingerprint density at radius 3 is 2.35 bits per heavy atom. The fourth-order valence-electron chi connectivity index (χ4n) is 4.14. The monoisotopic (exact) mass is 436 g/mol. The van der Waals surface area contributed by atoms with Gasteiger partial charge in [0.25, 0.3) is 0 Å². The number of fused-ring (bicyclic) bond motifs is 2. The van der Waals surface area contributed by atoms with Crippen molar-refractivity contribution in [1.29, 1.82) is 0 Å². The van der Waals surface area contributed by atoms with Crippen LogP contribution in [0.3, 0.4) is 0 Å². The van der Waals surface area contributed by atoms with Crippen molar-refractivity contribution in [3.8, 4) is 10.6 Å². The van der Waals surface area contributed by atoms with Gasteiger partial charge in [0.05, 0.1) is 20.8 Å². The van der Waals surface area contributed by atoms with Crippen LogP contribution in [-0.4, -0.2) is 19.1 Å². The van der Waals surface area contributed by atoms with Crippen LogP contribution in [0.1, 0.15) is 65.9 Å². The minimum atomic E-state index is 0.0668. The zero-order valence-electron chi connectivity index (χ0n) is 20.1. The summed E-state index contributed by atoms with van der Waals surface area (Å²) < 4.78 is 1.10. The molecule has 1 aliphatic heterocycles. The lowest BCUT2D eigenvalue weighted by Gasteiger charge is -2.36. The zero-order valence-corrected chi connectivity index (χ0v) is 20.9. The largest absolute Gasteiger partial charge is 0.378 e. The van der Waals surface area contributed by atoms with E-state index in [1.54, 1.807) is 17.4 Å². The summed E-state index contributed by atoms with van der Waals surface area (Å²) in [5, 5.41) is 0. The number of aromatic nitrogens is 1. The Bertz CT molecular complexity index is 1110. The molecule has 0 spiro atoms. The Morgan fingerprint density at radius 1 is 1.03 bits per heavy atom. The van der Waals surface area contributed by atoms with Crippen LogP contribution in [0.15, 0.2) is 41.2 Å². The quantitative estimate of drug-likeness (QED) is 0.343. The molecule has 1 aliphatic carbocycles. The first-order valence-electron chi connectivity index (χ1n) is 11.4. The van der Waals surface area contributed by atoms with Crippen LogP contribution in [0.25, 0.3) is 26.9 Å². The standard InChI is InChI=1S/C27H36N2OS/c1-8-26(4,9-2)18-27(5,10-3)14-13-19-15-22-25(17-23(19)30)31-24-16-20(29(6)7)11-12-21(24)28-22/h11-17H,8-10,18H2,1-7H3/b14-13+. The van der Waals surface area contributed by atoms with Crippen molar-refractivity contribution < 1.29 is 0 Å². The van der Waals surface area contributed by atoms with E-state index in [9.17, 15) is 4.79 Å². The average Bonchev–Trinajstić information content (AvgIpc) is 2.75. The Morgan fingerprint density at radius 2 is 1.74 bits per heavy atom. The van der Waals surface area contributed by atoms with Gasteiger partial charge in [-0.05, 0) is 47.9 Å². The van der Waals surface area contributed by atoms with Gasteiger partial charge in [0.15, 0.2) is 5.43 Å². The number of hydrogen-bond acceptors (Lipinski definition) is 4. The lowest BCUT2D eigenvalue weighted by Crippen LogP contribution is -2.25. The molecule has 1 aromatic carbocycles. The summed E-state index contributed by atoms with van der Waals surface area (Å²) in [4.78, 5) is 20.7. The molecule has 0 fully saturated rings. The third kappa shape index (κ3) is 5.17. The third-order valence-electron chi connectivity index (χ3n) is 7.02. The second-order valence-corrected chi connectivity index (χ2v) is 10.7. The number of allylic oxidation sites excluding steroid dienone is 1. The molecule has 2 aliphatic rings. The second-order valence-electron chi connectivity index (χ2n) is 9.65. The van der Waals surface area contributed by atoms with Gasteiger partial charge in [-0.15, -0.1) is 11.3 Å². The highest BCUT2D eigenvalue weighted by atomic mass is 32.1. The van der Waals surface area contributed by atoms with Crippen molar-refractivity contribution in [1.82, 2.24) is 4.98 Å². The molecule has 0 N–H and O–H groups in total. The fourth-order valence-corrected chi connectivity index (χ4v) is 5.15. The number of anilines is 1. The van der Waals surface area contributed by atoms with Gasteiger partial charge in [-0.1, -0.05) is 59.6 Å². The molecule has 166 valence electrons. The molecule has 0 bridgehead atoms. The van der Waals surface area contributed by atoms with Crippen LogP contribution >= 0.6 is 11.3 Å². The van der Waals surface area contributed by atoms with E-state index in [0.29, 0.717) is 5.41 Å². The van der Waals surface area contributed by atoms with Gasteiger partial charge in [0.2, 0.25) is 0 Å². The minimum Gasteiger partial charge on any atom is -0.378 e. The minimum absolute atomic E-state index is 0.0668. The molecule has 0 aromatic heterocycles. The normalized spacial score (nSPS) is 14.4. The summed E-state index contributed by atoms with van der Waals surface area (Å²) in [6, 6.07) is 9.99. The lowest BCUT2D eigenvalue weighted by molar-refractivity contribution is 0.181. The lowest BCUT2D eigenvalue weighted by atomic mass is 9.69. The molecular formula is C27H36N2OS. The first-order chi connectivity index (χ1) is 14.6. The summed E-state index contributed by atoms with van der Waals surface area (Å²) in [6.45, 7) is 11.5. The molecule has 3 nitrogen and oxygen atoms in total. The Kier molecular flexibility index (Phi) is 6.90. The Hall–Kier alpha value is -2.20. The van der Waals surface area contributed by atoms with E-state index < -0.39 is 0 Å². The van der Waals surface area contributed by atoms with Crippen molar-refractivity contribution in [2.24, 2.45) is 10.8 Å². The third-order valence-corrected chi connectivity index (χ3v) is 8.12. The van der Waals surface area contributed by atoms with Crippen LogP contribution in [-0.2, 0) is 0 Å². The predicted octanol–water partition coefficient (Wildman–Crippen LogP) is 7.47. The summed E-state index contributed by atoms with van der Waals surface area (Å²) in [6.07, 6.45) is 8.81. The maximum absolute atomic E-state index is 12.9. The van der Waals surface area contributed by atoms with Gasteiger partial charge in [0, 0.05) is 31.4 Å². The van der Waals surface area contributed by atoms with Crippen molar-refractivity contribution >= 4 is 33.3 Å². The van der Waals surface area contributed by atoms with E-state index >= 15 is 0 Å². The predicted molar refractivity (Wildman–Crippen MR) is 138 cm³/mol. The van der Waals surface area contributed by atoms with Gasteiger partial charge in [-0.25, -0.2) is 4.98 Å². The molecule has 1 unspecified atom stereocenters. The first kappa shape index (κ1) is 23.5. The van der Waals surface area contributed by atoms with E-state index in [1.807, 2.05) is 26.2 Å². The molecule has 0 saturated carbocycles. The molecular weight excluding hydrogens is 400 g/mol. The van der Waals surface area contributed by atoms with Gasteiger partial charge >= 0.3 is 0 Å². The molecule has 4 heteroatoms. The molecule has 31 heavy (non-hydrogen) atoms. The van der Waals surface area contributed by atoms with Crippen LogP contribution in [0, 0.1) is 10.8 Å². The molecule has 0 amide bonds. The zero-order chi connectivity index (χ0) is 22.8. The van der Waals surface area contributed by atoms with E-state index in [2.05, 4.69) is 63.8 Å². The summed E-state index contributed by atoms with van der Waals surface area (Å²) >= 11 is 1.63. The van der Waals surface area contributed by atoms with Crippen molar-refractivity contribution in [3.63, 3.8) is 0 Å². The molecule has 1 aromatic rings. The number of rotatable bonds is 8. The van der Waals surface area contributed by atoms with E-state index in [0.717, 1.165) is 44.9 Å². The highest BCUT2D eigenvalue weighted by Gasteiger charge is 2.30. The molecule has 0 saturated heterocycles. The Labute approximate surface area is 191 Å². The summed E-state index contributed by atoms with van der Waals surface area (Å²) in [5.74, 6) is 0. The molecule has 1 atom stereocenters. The average molecular weight is 437 g/mol. The maximum Gasteiger partial charge on any atom is 0.187 e. The number of benzene rings is 2. The molecule has 1 heterocycles. The van der Waals surface area contributed by atoms with Crippen LogP contribution in [0.2, 0.25) is 0 Å². The van der Waals surface area contributed by atoms with Crippen molar-refractivity contribution in [2.45, 2.75) is 60.3 Å². The van der Waals surface area contributed by atoms with Gasteiger partial charge < -0.3 is 4.90 Å². The van der Waals surface area contributed by atoms with Crippen LogP contribution in [0.4, 0.5) is 5.69 Å². The van der Waals surface area contributed by atoms with E-state index in [-0.39, 0.29) is 10.8 Å². The smallest absolute Gasteiger partial charge is 0.187 e. The fraction of sp³-hybridized carbons (Fsp3) is 0.481.